The molecular weight excluding hydrogens is 352 g/mol. The number of hydrogen-bond donors (Lipinski definition) is 1. The van der Waals surface area contributed by atoms with Crippen LogP contribution in [-0.4, -0.2) is 34.7 Å². The van der Waals surface area contributed by atoms with Crippen LogP contribution < -0.4 is 14.4 Å². The maximum Gasteiger partial charge on any atom is 0.251 e. The van der Waals surface area contributed by atoms with Crippen LogP contribution in [0.4, 0.5) is 5.69 Å². The van der Waals surface area contributed by atoms with Gasteiger partial charge in [-0.15, -0.1) is 0 Å². The number of carbonyl (C=O) groups is 1. The number of methoxy groups -OCH3 is 1. The van der Waals surface area contributed by atoms with E-state index in [0.29, 0.717) is 22.6 Å². The normalized spacial score (nSPS) is 12.3. The second-order valence-corrected chi connectivity index (χ2v) is 8.18. The molecule has 6 nitrogen and oxygen atoms in total. The van der Waals surface area contributed by atoms with Crippen molar-refractivity contribution in [2.75, 3.05) is 24.7 Å². The van der Waals surface area contributed by atoms with Gasteiger partial charge in [0, 0.05) is 18.2 Å². The molecule has 1 atom stereocenters. The summed E-state index contributed by atoms with van der Waals surface area (Å²) in [4.78, 5) is 12.6. The Hall–Kier alpha value is -2.54. The lowest BCUT2D eigenvalue weighted by atomic mass is 10.1. The number of para-hydroxylation sites is 1. The minimum atomic E-state index is -3.36. The molecule has 0 aliphatic rings. The highest BCUT2D eigenvalue weighted by Gasteiger charge is 2.18. The predicted molar refractivity (Wildman–Crippen MR) is 103 cm³/mol. The van der Waals surface area contributed by atoms with Crippen LogP contribution in [0.25, 0.3) is 0 Å². The Balaban J connectivity index is 2.21. The molecule has 0 aliphatic heterocycles. The Labute approximate surface area is 154 Å². The summed E-state index contributed by atoms with van der Waals surface area (Å²) in [5.74, 6) is 0.474. The number of rotatable bonds is 6. The number of benzene rings is 2. The first-order chi connectivity index (χ1) is 12.1. The first-order valence-electron chi connectivity index (χ1n) is 8.13. The van der Waals surface area contributed by atoms with Crippen LogP contribution in [0.3, 0.4) is 0 Å². The van der Waals surface area contributed by atoms with E-state index in [1.165, 1.54) is 11.4 Å². The molecule has 0 heterocycles. The number of hydrogen-bond acceptors (Lipinski definition) is 4. The van der Waals surface area contributed by atoms with E-state index < -0.39 is 10.0 Å². The minimum absolute atomic E-state index is 0.236. The van der Waals surface area contributed by atoms with Crippen LogP contribution in [0.2, 0.25) is 0 Å². The third-order valence-electron chi connectivity index (χ3n) is 4.25. The zero-order valence-corrected chi connectivity index (χ0v) is 16.4. The van der Waals surface area contributed by atoms with Crippen molar-refractivity contribution in [1.82, 2.24) is 5.32 Å². The quantitative estimate of drug-likeness (QED) is 0.841. The molecule has 2 rings (SSSR count). The molecule has 1 N–H and O–H groups in total. The van der Waals surface area contributed by atoms with E-state index in [9.17, 15) is 13.2 Å². The average molecular weight is 376 g/mol. The van der Waals surface area contributed by atoms with Crippen LogP contribution in [0.1, 0.15) is 34.5 Å². The molecule has 1 amide bonds. The van der Waals surface area contributed by atoms with Gasteiger partial charge in [0.15, 0.2) is 0 Å². The molecule has 0 aliphatic carbocycles. The van der Waals surface area contributed by atoms with E-state index in [0.717, 1.165) is 11.8 Å². The number of nitrogens with one attached hydrogen (secondary N) is 1. The highest BCUT2D eigenvalue weighted by molar-refractivity contribution is 7.92. The molecule has 26 heavy (non-hydrogen) atoms. The fourth-order valence-corrected chi connectivity index (χ4v) is 3.27. The van der Waals surface area contributed by atoms with Crippen molar-refractivity contribution in [3.8, 4) is 5.75 Å². The van der Waals surface area contributed by atoms with Gasteiger partial charge < -0.3 is 10.1 Å². The first-order valence-corrected chi connectivity index (χ1v) is 9.98. The topological polar surface area (TPSA) is 75.7 Å². The molecule has 0 unspecified atom stereocenters. The molecule has 0 aromatic heterocycles. The number of ether oxygens (including phenoxy) is 1. The monoisotopic (exact) mass is 376 g/mol. The van der Waals surface area contributed by atoms with Gasteiger partial charge >= 0.3 is 0 Å². The zero-order chi connectivity index (χ0) is 19.5. The van der Waals surface area contributed by atoms with Crippen molar-refractivity contribution in [3.05, 3.63) is 59.2 Å². The Morgan fingerprint density at radius 2 is 1.85 bits per heavy atom. The van der Waals surface area contributed by atoms with Crippen LogP contribution in [0.15, 0.2) is 42.5 Å². The van der Waals surface area contributed by atoms with Crippen LogP contribution in [0, 0.1) is 6.92 Å². The molecule has 0 spiro atoms. The summed E-state index contributed by atoms with van der Waals surface area (Å²) >= 11 is 0. The summed E-state index contributed by atoms with van der Waals surface area (Å²) in [7, 11) is -0.277. The lowest BCUT2D eigenvalue weighted by Gasteiger charge is -2.20. The molecule has 2 aromatic carbocycles. The lowest BCUT2D eigenvalue weighted by Crippen LogP contribution is -2.28. The summed E-state index contributed by atoms with van der Waals surface area (Å²) in [6, 6.07) is 12.2. The molecule has 0 bridgehead atoms. The Morgan fingerprint density at radius 3 is 2.42 bits per heavy atom. The van der Waals surface area contributed by atoms with Gasteiger partial charge in [0.2, 0.25) is 10.0 Å². The fourth-order valence-electron chi connectivity index (χ4n) is 2.71. The molecule has 0 saturated heterocycles. The second kappa shape index (κ2) is 7.78. The molecule has 0 saturated carbocycles. The number of nitrogens with zero attached hydrogens (tertiary/aromatic N) is 1. The van der Waals surface area contributed by atoms with Crippen LogP contribution >= 0.6 is 0 Å². The third kappa shape index (κ3) is 4.35. The third-order valence-corrected chi connectivity index (χ3v) is 5.44. The Morgan fingerprint density at radius 1 is 1.19 bits per heavy atom. The molecule has 2 aromatic rings. The van der Waals surface area contributed by atoms with Gasteiger partial charge in [-0.1, -0.05) is 18.2 Å². The van der Waals surface area contributed by atoms with E-state index in [-0.39, 0.29) is 11.9 Å². The lowest BCUT2D eigenvalue weighted by molar-refractivity contribution is 0.0939. The van der Waals surface area contributed by atoms with Crippen LogP contribution in [0.5, 0.6) is 5.75 Å². The standard InChI is InChI=1S/C19H24N2O4S/c1-13-12-15(10-11-17(13)21(3)26(5,23)24)19(22)20-14(2)16-8-6-7-9-18(16)25-4/h6-12,14H,1-5H3,(H,20,22)/t14-/m1/s1. The van der Waals surface area contributed by atoms with Gasteiger partial charge in [-0.25, -0.2) is 8.42 Å². The largest absolute Gasteiger partial charge is 0.496 e. The second-order valence-electron chi connectivity index (χ2n) is 6.17. The maximum atomic E-state index is 12.6. The van der Waals surface area contributed by atoms with Crippen LogP contribution in [-0.2, 0) is 10.0 Å². The van der Waals surface area contributed by atoms with Crippen molar-refractivity contribution in [3.63, 3.8) is 0 Å². The average Bonchev–Trinajstić information content (AvgIpc) is 2.60. The van der Waals surface area contributed by atoms with Gasteiger partial charge in [0.05, 0.1) is 25.1 Å². The predicted octanol–water partition coefficient (Wildman–Crippen LogP) is 2.89. The Bertz CT molecular complexity index is 910. The first kappa shape index (κ1) is 19.8. The molecular formula is C19H24N2O4S. The fraction of sp³-hybridized carbons (Fsp3) is 0.316. The summed E-state index contributed by atoms with van der Waals surface area (Å²) in [6.07, 6.45) is 1.14. The highest BCUT2D eigenvalue weighted by atomic mass is 32.2. The summed E-state index contributed by atoms with van der Waals surface area (Å²) in [5.41, 5.74) is 2.60. The van der Waals surface area contributed by atoms with Gasteiger partial charge in [-0.3, -0.25) is 9.10 Å². The molecule has 0 radical (unpaired) electrons. The van der Waals surface area contributed by atoms with Crippen molar-refractivity contribution in [2.24, 2.45) is 0 Å². The maximum absolute atomic E-state index is 12.6. The van der Waals surface area contributed by atoms with Gasteiger partial charge in [0.1, 0.15) is 5.75 Å². The number of sulfonamides is 1. The summed E-state index contributed by atoms with van der Waals surface area (Å²) < 4.78 is 29.9. The molecule has 0 fully saturated rings. The number of carbonyl (C=O) groups excluding carboxylic acids is 1. The van der Waals surface area contributed by atoms with Crippen molar-refractivity contribution < 1.29 is 17.9 Å². The van der Waals surface area contributed by atoms with Gasteiger partial charge in [-0.05, 0) is 43.7 Å². The van der Waals surface area contributed by atoms with Gasteiger partial charge in [0.25, 0.3) is 5.91 Å². The Kier molecular flexibility index (Phi) is 5.92. The summed E-state index contributed by atoms with van der Waals surface area (Å²) in [6.45, 7) is 3.66. The van der Waals surface area contributed by atoms with E-state index in [2.05, 4.69) is 5.32 Å². The SMILES string of the molecule is COc1ccccc1[C@@H](C)NC(=O)c1ccc(N(C)S(C)(=O)=O)c(C)c1. The van der Waals surface area contributed by atoms with Crippen molar-refractivity contribution in [1.29, 1.82) is 0 Å². The van der Waals surface area contributed by atoms with Gasteiger partial charge in [-0.2, -0.15) is 0 Å². The molecule has 140 valence electrons. The van der Waals surface area contributed by atoms with Crippen molar-refractivity contribution in [2.45, 2.75) is 19.9 Å². The molecule has 7 heteroatoms. The summed E-state index contributed by atoms with van der Waals surface area (Å²) in [5, 5.41) is 2.94. The van der Waals surface area contributed by atoms with E-state index in [4.69, 9.17) is 4.74 Å². The van der Waals surface area contributed by atoms with E-state index in [1.54, 1.807) is 32.2 Å². The zero-order valence-electron chi connectivity index (χ0n) is 15.6. The van der Waals surface area contributed by atoms with E-state index >= 15 is 0 Å². The minimum Gasteiger partial charge on any atom is -0.496 e. The van der Waals surface area contributed by atoms with Crippen molar-refractivity contribution >= 4 is 21.6 Å². The van der Waals surface area contributed by atoms with E-state index in [1.807, 2.05) is 31.2 Å². The highest BCUT2D eigenvalue weighted by Crippen LogP contribution is 2.26. The smallest absolute Gasteiger partial charge is 0.251 e. The number of anilines is 1. The number of amides is 1. The number of aryl methyl sites for hydroxylation is 1.